The number of fused-ring (bicyclic) bond motifs is 1. The molecule has 0 radical (unpaired) electrons. The van der Waals surface area contributed by atoms with Gasteiger partial charge in [-0.15, -0.1) is 0 Å². The molecule has 2 fully saturated rings. The third-order valence-corrected chi connectivity index (χ3v) is 8.36. The highest BCUT2D eigenvalue weighted by atomic mass is 35.5. The number of halogens is 1. The number of benzene rings is 3. The molecule has 10 nitrogen and oxygen atoms in total. The number of amides is 1. The molecule has 0 spiro atoms. The number of nitrogens with two attached hydrogens (primary N) is 1. The van der Waals surface area contributed by atoms with Crippen molar-refractivity contribution in [3.63, 3.8) is 0 Å². The Kier molecular flexibility index (Phi) is 9.20. The van der Waals surface area contributed by atoms with Gasteiger partial charge in [-0.1, -0.05) is 35.4 Å². The molecule has 0 bridgehead atoms. The minimum atomic E-state index is -0.436. The first kappa shape index (κ1) is 30.7. The number of carbonyl (C=O) groups excluding carboxylic acids is 1. The number of rotatable bonds is 9. The molecule has 3 N–H and O–H groups in total. The normalized spacial score (nSPS) is 16.0. The van der Waals surface area contributed by atoms with Crippen molar-refractivity contribution in [2.75, 3.05) is 36.5 Å². The number of hydrogen-bond acceptors (Lipinski definition) is 9. The first-order valence-corrected chi connectivity index (χ1v) is 15.3. The number of hydrogen-bond donors (Lipinski definition) is 2. The van der Waals surface area contributed by atoms with E-state index in [4.69, 9.17) is 31.5 Å². The Balaban J connectivity index is 1.31. The zero-order valence-electron chi connectivity index (χ0n) is 25.0. The van der Waals surface area contributed by atoms with Crippen LogP contribution in [-0.2, 0) is 16.1 Å². The highest BCUT2D eigenvalue weighted by molar-refractivity contribution is 6.32. The summed E-state index contributed by atoms with van der Waals surface area (Å²) < 4.78 is 17.9. The zero-order valence-corrected chi connectivity index (χ0v) is 25.7. The SMILES string of the molecule is N#Cc1ccccc1COc1ccc(Nc2c(C#N)cnc3cc(OC4CCOC4)c(N4CCC(=CC(N)=O)CC4)cc23)cc1Cl. The molecule has 2 saturated heterocycles. The minimum absolute atomic E-state index is 0.0708. The molecule has 4 aromatic rings. The van der Waals surface area contributed by atoms with Crippen LogP contribution in [0.3, 0.4) is 0 Å². The molecule has 1 unspecified atom stereocenters. The first-order valence-electron chi connectivity index (χ1n) is 14.9. The summed E-state index contributed by atoms with van der Waals surface area (Å²) in [4.78, 5) is 18.3. The lowest BCUT2D eigenvalue weighted by molar-refractivity contribution is -0.113. The Morgan fingerprint density at radius 3 is 2.63 bits per heavy atom. The summed E-state index contributed by atoms with van der Waals surface area (Å²) in [6, 6.07) is 20.9. The van der Waals surface area contributed by atoms with Gasteiger partial charge in [0.1, 0.15) is 30.3 Å². The van der Waals surface area contributed by atoms with E-state index in [9.17, 15) is 15.3 Å². The molecule has 1 amide bonds. The molecule has 2 aliphatic heterocycles. The van der Waals surface area contributed by atoms with Crippen LogP contribution in [0.1, 0.15) is 36.0 Å². The second-order valence-electron chi connectivity index (χ2n) is 11.1. The standard InChI is InChI=1S/C35H31ClN6O4/c36-29-14-26(5-6-32(29)45-20-24-4-2-1-3-23(24)17-37)41-35-25(18-38)19-40-30-16-33(46-27-9-12-44-21-27)31(15-28(30)35)42-10-7-22(8-11-42)13-34(39)43/h1-6,13-16,19,27H,7-12,20-21H2,(H2,39,43)(H,40,41). The van der Waals surface area contributed by atoms with Crippen molar-refractivity contribution < 1.29 is 19.0 Å². The molecule has 3 aromatic carbocycles. The van der Waals surface area contributed by atoms with Gasteiger partial charge < -0.3 is 30.2 Å². The van der Waals surface area contributed by atoms with Crippen molar-refractivity contribution >= 4 is 45.5 Å². The maximum absolute atomic E-state index is 11.4. The number of nitrogens with zero attached hydrogens (tertiary/aromatic N) is 4. The maximum Gasteiger partial charge on any atom is 0.241 e. The van der Waals surface area contributed by atoms with Gasteiger partial charge in [0.05, 0.1) is 52.3 Å². The number of nitrogens with one attached hydrogen (secondary N) is 1. The molecule has 0 saturated carbocycles. The summed E-state index contributed by atoms with van der Waals surface area (Å²) in [6.07, 6.45) is 5.18. The number of ether oxygens (including phenoxy) is 3. The van der Waals surface area contributed by atoms with Gasteiger partial charge in [-0.25, -0.2) is 0 Å². The number of carbonyl (C=O) groups is 1. The fourth-order valence-corrected chi connectivity index (χ4v) is 5.92. The lowest BCUT2D eigenvalue weighted by Gasteiger charge is -2.32. The van der Waals surface area contributed by atoms with Crippen LogP contribution in [0.4, 0.5) is 17.1 Å². The molecular formula is C35H31ClN6O4. The second kappa shape index (κ2) is 13.8. The Hall–Kier alpha value is -5.29. The predicted molar refractivity (Wildman–Crippen MR) is 175 cm³/mol. The summed E-state index contributed by atoms with van der Waals surface area (Å²) in [5.74, 6) is 0.722. The van der Waals surface area contributed by atoms with Gasteiger partial charge >= 0.3 is 0 Å². The lowest BCUT2D eigenvalue weighted by Crippen LogP contribution is -2.32. The smallest absolute Gasteiger partial charge is 0.241 e. The van der Waals surface area contributed by atoms with Crippen LogP contribution in [0.25, 0.3) is 10.9 Å². The molecule has 1 aromatic heterocycles. The highest BCUT2D eigenvalue weighted by Crippen LogP contribution is 2.40. The quantitative estimate of drug-likeness (QED) is 0.207. The number of primary amides is 1. The average molecular weight is 635 g/mol. The fraction of sp³-hybridized carbons (Fsp3) is 0.257. The molecule has 1 atom stereocenters. The first-order chi connectivity index (χ1) is 22.4. The van der Waals surface area contributed by atoms with Crippen molar-refractivity contribution in [2.45, 2.75) is 32.0 Å². The molecule has 6 rings (SSSR count). The van der Waals surface area contributed by atoms with Gasteiger partial charge in [-0.05, 0) is 43.2 Å². The van der Waals surface area contributed by atoms with Crippen LogP contribution in [0.5, 0.6) is 11.5 Å². The van der Waals surface area contributed by atoms with E-state index in [2.05, 4.69) is 27.3 Å². The summed E-state index contributed by atoms with van der Waals surface area (Å²) in [6.45, 7) is 2.70. The van der Waals surface area contributed by atoms with E-state index in [1.54, 1.807) is 30.5 Å². The van der Waals surface area contributed by atoms with Crippen LogP contribution >= 0.6 is 11.6 Å². The van der Waals surface area contributed by atoms with Gasteiger partial charge in [0.25, 0.3) is 0 Å². The van der Waals surface area contributed by atoms with Crippen molar-refractivity contribution in [3.8, 4) is 23.6 Å². The molecule has 46 heavy (non-hydrogen) atoms. The van der Waals surface area contributed by atoms with Crippen LogP contribution < -0.4 is 25.4 Å². The van der Waals surface area contributed by atoms with Crippen molar-refractivity contribution in [2.24, 2.45) is 5.73 Å². The second-order valence-corrected chi connectivity index (χ2v) is 11.5. The van der Waals surface area contributed by atoms with E-state index in [-0.39, 0.29) is 12.7 Å². The van der Waals surface area contributed by atoms with Crippen LogP contribution in [0.15, 0.2) is 72.4 Å². The molecule has 0 aliphatic carbocycles. The van der Waals surface area contributed by atoms with Crippen LogP contribution in [0, 0.1) is 22.7 Å². The van der Waals surface area contributed by atoms with Gasteiger partial charge in [0.2, 0.25) is 5.91 Å². The summed E-state index contributed by atoms with van der Waals surface area (Å²) >= 11 is 6.62. The monoisotopic (exact) mass is 634 g/mol. The molecule has 2 aliphatic rings. The van der Waals surface area contributed by atoms with Gasteiger partial charge in [-0.3, -0.25) is 9.78 Å². The van der Waals surface area contributed by atoms with E-state index in [0.717, 1.165) is 28.6 Å². The van der Waals surface area contributed by atoms with Crippen molar-refractivity contribution in [3.05, 3.63) is 94.2 Å². The Bertz CT molecular complexity index is 1900. The number of aromatic nitrogens is 1. The minimum Gasteiger partial charge on any atom is -0.487 e. The lowest BCUT2D eigenvalue weighted by atomic mass is 10.0. The molecular weight excluding hydrogens is 604 g/mol. The Morgan fingerprint density at radius 2 is 1.91 bits per heavy atom. The maximum atomic E-state index is 11.4. The largest absolute Gasteiger partial charge is 0.487 e. The predicted octanol–water partition coefficient (Wildman–Crippen LogP) is 6.13. The van der Waals surface area contributed by atoms with Crippen molar-refractivity contribution in [1.82, 2.24) is 4.98 Å². The number of piperidine rings is 1. The highest BCUT2D eigenvalue weighted by Gasteiger charge is 2.25. The number of pyridine rings is 1. The van der Waals surface area contributed by atoms with Crippen molar-refractivity contribution in [1.29, 1.82) is 10.5 Å². The Morgan fingerprint density at radius 1 is 1.11 bits per heavy atom. The molecule has 3 heterocycles. The zero-order chi connectivity index (χ0) is 32.0. The molecule has 232 valence electrons. The Labute approximate surface area is 271 Å². The van der Waals surface area contributed by atoms with Gasteiger partial charge in [-0.2, -0.15) is 10.5 Å². The fourth-order valence-electron chi connectivity index (χ4n) is 5.69. The van der Waals surface area contributed by atoms with E-state index >= 15 is 0 Å². The van der Waals surface area contributed by atoms with E-state index < -0.39 is 5.91 Å². The summed E-state index contributed by atoms with van der Waals surface area (Å²) in [7, 11) is 0. The number of nitriles is 2. The van der Waals surface area contributed by atoms with Crippen LogP contribution in [-0.4, -0.2) is 43.3 Å². The number of anilines is 3. The third-order valence-electron chi connectivity index (χ3n) is 8.07. The topological polar surface area (TPSA) is 147 Å². The summed E-state index contributed by atoms with van der Waals surface area (Å²) in [5.41, 5.74) is 10.9. The average Bonchev–Trinajstić information content (AvgIpc) is 3.58. The van der Waals surface area contributed by atoms with Gasteiger partial charge in [0.15, 0.2) is 0 Å². The summed E-state index contributed by atoms with van der Waals surface area (Å²) in [5, 5.41) is 23.9. The van der Waals surface area contributed by atoms with Crippen LogP contribution in [0.2, 0.25) is 5.02 Å². The third kappa shape index (κ3) is 6.84. The van der Waals surface area contributed by atoms with Gasteiger partial charge in [0, 0.05) is 54.5 Å². The van der Waals surface area contributed by atoms with E-state index in [1.807, 2.05) is 30.3 Å². The molecule has 11 heteroatoms. The van der Waals surface area contributed by atoms with E-state index in [0.29, 0.717) is 83.7 Å². The van der Waals surface area contributed by atoms with E-state index in [1.165, 1.54) is 6.08 Å².